The molecule has 0 spiro atoms. The Morgan fingerprint density at radius 3 is 2.87 bits per heavy atom. The molecule has 1 N–H and O–H groups in total. The number of anilines is 1. The van der Waals surface area contributed by atoms with Crippen LogP contribution >= 0.6 is 15.9 Å². The van der Waals surface area contributed by atoms with E-state index in [2.05, 4.69) is 25.6 Å². The van der Waals surface area contributed by atoms with Crippen LogP contribution in [0, 0.1) is 0 Å². The molecule has 6 heteroatoms. The molecule has 0 aliphatic carbocycles. The monoisotopic (exact) mass is 292 g/mol. The van der Waals surface area contributed by atoms with Gasteiger partial charge in [0.15, 0.2) is 0 Å². The summed E-state index contributed by atoms with van der Waals surface area (Å²) in [6.45, 7) is 1.95. The van der Waals surface area contributed by atoms with Gasteiger partial charge in [-0.1, -0.05) is 13.3 Å². The fourth-order valence-corrected chi connectivity index (χ4v) is 2.77. The van der Waals surface area contributed by atoms with Crippen LogP contribution in [0.15, 0.2) is 22.9 Å². The van der Waals surface area contributed by atoms with Gasteiger partial charge in [0.1, 0.15) is 4.60 Å². The first-order valence-electron chi connectivity index (χ1n) is 4.66. The summed E-state index contributed by atoms with van der Waals surface area (Å²) in [5, 5.41) is 0. The minimum atomic E-state index is -3.24. The highest BCUT2D eigenvalue weighted by Crippen LogP contribution is 2.19. The Morgan fingerprint density at radius 1 is 1.53 bits per heavy atom. The van der Waals surface area contributed by atoms with Crippen molar-refractivity contribution in [2.24, 2.45) is 0 Å². The van der Waals surface area contributed by atoms with Crippen LogP contribution in [0.2, 0.25) is 0 Å². The zero-order valence-electron chi connectivity index (χ0n) is 8.40. The molecule has 84 valence electrons. The molecule has 0 saturated heterocycles. The summed E-state index contributed by atoms with van der Waals surface area (Å²) in [6, 6.07) is 3.35. The Kier molecular flexibility index (Phi) is 4.53. The maximum Gasteiger partial charge on any atom is 0.232 e. The predicted octanol–water partition coefficient (Wildman–Crippen LogP) is 2.39. The van der Waals surface area contributed by atoms with E-state index in [1.165, 1.54) is 0 Å². The molecule has 0 aromatic carbocycles. The number of hydrogen-bond donors (Lipinski definition) is 1. The zero-order chi connectivity index (χ0) is 11.3. The van der Waals surface area contributed by atoms with Crippen molar-refractivity contribution in [1.82, 2.24) is 4.98 Å². The molecule has 1 aromatic rings. The Bertz CT molecular complexity index is 420. The molecule has 15 heavy (non-hydrogen) atoms. The maximum atomic E-state index is 11.6. The van der Waals surface area contributed by atoms with E-state index in [1.807, 2.05) is 6.92 Å². The summed E-state index contributed by atoms with van der Waals surface area (Å²) in [4.78, 5) is 3.93. The Balaban J connectivity index is 2.74. The largest absolute Gasteiger partial charge is 0.281 e. The van der Waals surface area contributed by atoms with Crippen molar-refractivity contribution in [3.05, 3.63) is 22.9 Å². The summed E-state index contributed by atoms with van der Waals surface area (Å²) in [5.74, 6) is 0.144. The molecular weight excluding hydrogens is 280 g/mol. The highest BCUT2D eigenvalue weighted by atomic mass is 79.9. The summed E-state index contributed by atoms with van der Waals surface area (Å²) in [6.07, 6.45) is 3.11. The molecule has 1 rings (SSSR count). The average Bonchev–Trinajstić information content (AvgIpc) is 2.18. The van der Waals surface area contributed by atoms with Crippen LogP contribution < -0.4 is 4.72 Å². The summed E-state index contributed by atoms with van der Waals surface area (Å²) in [5.41, 5.74) is 0.480. The molecule has 4 nitrogen and oxygen atoms in total. The third kappa shape index (κ3) is 4.17. The first kappa shape index (κ1) is 12.4. The van der Waals surface area contributed by atoms with Crippen LogP contribution in [0.25, 0.3) is 0 Å². The minimum Gasteiger partial charge on any atom is -0.281 e. The molecule has 0 saturated carbocycles. The normalized spacial score (nSPS) is 11.3. The summed E-state index contributed by atoms with van der Waals surface area (Å²) < 4.78 is 26.1. The first-order chi connectivity index (χ1) is 7.05. The van der Waals surface area contributed by atoms with Gasteiger partial charge in [0.05, 0.1) is 11.4 Å². The first-order valence-corrected chi connectivity index (χ1v) is 7.10. The molecule has 0 radical (unpaired) electrons. The number of sulfonamides is 1. The SMILES string of the molecule is CCCCS(=O)(=O)Nc1cccnc1Br. The van der Waals surface area contributed by atoms with Crippen LogP contribution in [0.3, 0.4) is 0 Å². The van der Waals surface area contributed by atoms with Crippen LogP contribution in [0.4, 0.5) is 5.69 Å². The van der Waals surface area contributed by atoms with Gasteiger partial charge in [0.2, 0.25) is 10.0 Å². The number of halogens is 1. The number of nitrogens with one attached hydrogen (secondary N) is 1. The van der Waals surface area contributed by atoms with Gasteiger partial charge in [0, 0.05) is 6.20 Å². The molecule has 1 heterocycles. The van der Waals surface area contributed by atoms with E-state index < -0.39 is 10.0 Å². The minimum absolute atomic E-state index is 0.144. The van der Waals surface area contributed by atoms with E-state index in [4.69, 9.17) is 0 Å². The van der Waals surface area contributed by atoms with Gasteiger partial charge in [-0.25, -0.2) is 13.4 Å². The molecule has 0 amide bonds. The van der Waals surface area contributed by atoms with Crippen molar-refractivity contribution in [2.45, 2.75) is 19.8 Å². The maximum absolute atomic E-state index is 11.6. The second-order valence-corrected chi connectivity index (χ2v) is 5.71. The van der Waals surface area contributed by atoms with Gasteiger partial charge in [-0.2, -0.15) is 0 Å². The third-order valence-corrected chi connectivity index (χ3v) is 3.78. The molecule has 0 atom stereocenters. The quantitative estimate of drug-likeness (QED) is 0.848. The number of rotatable bonds is 5. The predicted molar refractivity (Wildman–Crippen MR) is 64.3 cm³/mol. The molecule has 1 aromatic heterocycles. The second kappa shape index (κ2) is 5.46. The van der Waals surface area contributed by atoms with Crippen molar-refractivity contribution in [1.29, 1.82) is 0 Å². The second-order valence-electron chi connectivity index (χ2n) is 3.12. The van der Waals surface area contributed by atoms with E-state index in [-0.39, 0.29) is 5.75 Å². The standard InChI is InChI=1S/C9H13BrN2O2S/c1-2-3-7-15(13,14)12-8-5-4-6-11-9(8)10/h4-6,12H,2-3,7H2,1H3. The number of nitrogens with zero attached hydrogens (tertiary/aromatic N) is 1. The number of unbranched alkanes of at least 4 members (excludes halogenated alkanes) is 1. The molecule has 0 unspecified atom stereocenters. The van der Waals surface area contributed by atoms with Crippen molar-refractivity contribution in [3.8, 4) is 0 Å². The summed E-state index contributed by atoms with van der Waals surface area (Å²) >= 11 is 3.18. The lowest BCUT2D eigenvalue weighted by molar-refractivity contribution is 0.598. The Hall–Kier alpha value is -0.620. The van der Waals surface area contributed by atoms with Gasteiger partial charge in [0.25, 0.3) is 0 Å². The topological polar surface area (TPSA) is 59.1 Å². The molecule has 0 bridgehead atoms. The van der Waals surface area contributed by atoms with Gasteiger partial charge in [-0.15, -0.1) is 0 Å². The fraction of sp³-hybridized carbons (Fsp3) is 0.444. The average molecular weight is 293 g/mol. The van der Waals surface area contributed by atoms with E-state index in [9.17, 15) is 8.42 Å². The van der Waals surface area contributed by atoms with Gasteiger partial charge in [-0.05, 0) is 34.5 Å². The van der Waals surface area contributed by atoms with Gasteiger partial charge >= 0.3 is 0 Å². The van der Waals surface area contributed by atoms with Crippen LogP contribution in [-0.4, -0.2) is 19.2 Å². The number of hydrogen-bond acceptors (Lipinski definition) is 3. The Morgan fingerprint density at radius 2 is 2.27 bits per heavy atom. The van der Waals surface area contributed by atoms with E-state index >= 15 is 0 Å². The van der Waals surface area contributed by atoms with Gasteiger partial charge < -0.3 is 0 Å². The Labute approximate surface area is 98.3 Å². The van der Waals surface area contributed by atoms with E-state index in [0.717, 1.165) is 6.42 Å². The number of pyridine rings is 1. The van der Waals surface area contributed by atoms with Crippen LogP contribution in [0.5, 0.6) is 0 Å². The van der Waals surface area contributed by atoms with Crippen LogP contribution in [0.1, 0.15) is 19.8 Å². The van der Waals surface area contributed by atoms with Crippen molar-refractivity contribution >= 4 is 31.6 Å². The van der Waals surface area contributed by atoms with E-state index in [0.29, 0.717) is 16.7 Å². The van der Waals surface area contributed by atoms with Crippen molar-refractivity contribution in [2.75, 3.05) is 10.5 Å². The number of aromatic nitrogens is 1. The lowest BCUT2D eigenvalue weighted by atomic mass is 10.4. The molecule has 0 fully saturated rings. The molecule has 0 aliphatic heterocycles. The van der Waals surface area contributed by atoms with Crippen LogP contribution in [-0.2, 0) is 10.0 Å². The third-order valence-electron chi connectivity index (χ3n) is 1.79. The highest BCUT2D eigenvalue weighted by Gasteiger charge is 2.11. The van der Waals surface area contributed by atoms with Crippen molar-refractivity contribution in [3.63, 3.8) is 0 Å². The highest BCUT2D eigenvalue weighted by molar-refractivity contribution is 9.10. The molecule has 0 aliphatic rings. The lowest BCUT2D eigenvalue weighted by Crippen LogP contribution is -2.16. The smallest absolute Gasteiger partial charge is 0.232 e. The molecular formula is C9H13BrN2O2S. The zero-order valence-corrected chi connectivity index (χ0v) is 10.8. The fourth-order valence-electron chi connectivity index (χ4n) is 1.02. The van der Waals surface area contributed by atoms with Crippen molar-refractivity contribution < 1.29 is 8.42 Å². The lowest BCUT2D eigenvalue weighted by Gasteiger charge is -2.07. The van der Waals surface area contributed by atoms with Gasteiger partial charge in [-0.3, -0.25) is 4.72 Å². The summed E-state index contributed by atoms with van der Waals surface area (Å²) in [7, 11) is -3.24. The van der Waals surface area contributed by atoms with E-state index in [1.54, 1.807) is 18.3 Å².